The summed E-state index contributed by atoms with van der Waals surface area (Å²) in [5, 5.41) is 0. The largest absolute Gasteiger partial charge is 0.497 e. The average Bonchev–Trinajstić information content (AvgIpc) is 2.68. The summed E-state index contributed by atoms with van der Waals surface area (Å²) in [5.74, 6) is -1.20. The molecule has 1 aliphatic rings. The Morgan fingerprint density at radius 2 is 1.78 bits per heavy atom. The van der Waals surface area contributed by atoms with Gasteiger partial charge in [-0.25, -0.2) is 8.78 Å². The lowest BCUT2D eigenvalue weighted by Crippen LogP contribution is -2.24. The van der Waals surface area contributed by atoms with E-state index in [0.29, 0.717) is 24.6 Å². The van der Waals surface area contributed by atoms with E-state index in [0.717, 1.165) is 5.56 Å². The van der Waals surface area contributed by atoms with Crippen LogP contribution in [0.3, 0.4) is 0 Å². The Hall–Kier alpha value is -1.36. The number of rotatable bonds is 4. The van der Waals surface area contributed by atoms with E-state index in [9.17, 15) is 8.78 Å². The Morgan fingerprint density at radius 1 is 1.17 bits per heavy atom. The molecule has 0 bridgehead atoms. The SMILES string of the molecule is COc1cc(CN2CCC(F)(F)C2)cc(OC)c1. The van der Waals surface area contributed by atoms with Gasteiger partial charge < -0.3 is 9.47 Å². The maximum Gasteiger partial charge on any atom is 0.261 e. The van der Waals surface area contributed by atoms with Gasteiger partial charge in [-0.1, -0.05) is 0 Å². The minimum Gasteiger partial charge on any atom is -0.497 e. The van der Waals surface area contributed by atoms with Crippen LogP contribution in [-0.4, -0.2) is 38.1 Å². The lowest BCUT2D eigenvalue weighted by atomic mass is 10.2. The number of hydrogen-bond acceptors (Lipinski definition) is 3. The molecule has 0 aliphatic carbocycles. The van der Waals surface area contributed by atoms with Crippen LogP contribution in [0.2, 0.25) is 0 Å². The molecule has 0 spiro atoms. The van der Waals surface area contributed by atoms with Crippen molar-refractivity contribution in [3.63, 3.8) is 0 Å². The van der Waals surface area contributed by atoms with E-state index in [2.05, 4.69) is 0 Å². The Morgan fingerprint density at radius 3 is 2.22 bits per heavy atom. The number of ether oxygens (including phenoxy) is 2. The molecule has 1 aromatic carbocycles. The smallest absolute Gasteiger partial charge is 0.261 e. The number of methoxy groups -OCH3 is 2. The molecule has 0 amide bonds. The highest BCUT2D eigenvalue weighted by Crippen LogP contribution is 2.29. The van der Waals surface area contributed by atoms with Crippen LogP contribution < -0.4 is 9.47 Å². The van der Waals surface area contributed by atoms with Gasteiger partial charge in [-0.3, -0.25) is 4.90 Å². The van der Waals surface area contributed by atoms with Crippen molar-refractivity contribution in [1.82, 2.24) is 4.90 Å². The molecular weight excluding hydrogens is 240 g/mol. The fourth-order valence-electron chi connectivity index (χ4n) is 2.16. The quantitative estimate of drug-likeness (QED) is 0.827. The first-order chi connectivity index (χ1) is 8.52. The molecule has 1 heterocycles. The van der Waals surface area contributed by atoms with Crippen molar-refractivity contribution < 1.29 is 18.3 Å². The second-order valence-corrected chi connectivity index (χ2v) is 4.54. The molecule has 3 nitrogen and oxygen atoms in total. The topological polar surface area (TPSA) is 21.7 Å². The summed E-state index contributed by atoms with van der Waals surface area (Å²) >= 11 is 0. The maximum absolute atomic E-state index is 13.1. The summed E-state index contributed by atoms with van der Waals surface area (Å²) in [6.07, 6.45) is -0.0614. The van der Waals surface area contributed by atoms with Crippen molar-refractivity contribution >= 4 is 0 Å². The summed E-state index contributed by atoms with van der Waals surface area (Å²) in [7, 11) is 3.14. The molecule has 0 atom stereocenters. The third-order valence-electron chi connectivity index (χ3n) is 3.07. The normalized spacial score (nSPS) is 18.9. The molecule has 2 rings (SSSR count). The standard InChI is InChI=1S/C13H17F2NO2/c1-17-11-5-10(6-12(7-11)18-2)8-16-4-3-13(14,15)9-16/h5-7H,3-4,8-9H2,1-2H3. The van der Waals surface area contributed by atoms with E-state index in [1.165, 1.54) is 0 Å². The molecule has 1 saturated heterocycles. The third kappa shape index (κ3) is 3.10. The number of likely N-dealkylation sites (tertiary alicyclic amines) is 1. The van der Waals surface area contributed by atoms with Crippen molar-refractivity contribution in [2.45, 2.75) is 18.9 Å². The van der Waals surface area contributed by atoms with Crippen molar-refractivity contribution in [3.05, 3.63) is 23.8 Å². The molecule has 0 radical (unpaired) electrons. The average molecular weight is 257 g/mol. The highest BCUT2D eigenvalue weighted by molar-refractivity contribution is 5.38. The number of hydrogen-bond donors (Lipinski definition) is 0. The summed E-state index contributed by atoms with van der Waals surface area (Å²) in [5.41, 5.74) is 0.920. The van der Waals surface area contributed by atoms with Gasteiger partial charge in [-0.2, -0.15) is 0 Å². The molecule has 1 fully saturated rings. The first kappa shape index (κ1) is 13.1. The predicted molar refractivity (Wildman–Crippen MR) is 64.4 cm³/mol. The van der Waals surface area contributed by atoms with Crippen molar-refractivity contribution in [3.8, 4) is 11.5 Å². The third-order valence-corrected chi connectivity index (χ3v) is 3.07. The van der Waals surface area contributed by atoms with Gasteiger partial charge in [0, 0.05) is 25.6 Å². The zero-order valence-corrected chi connectivity index (χ0v) is 10.6. The van der Waals surface area contributed by atoms with E-state index in [1.807, 2.05) is 12.1 Å². The number of alkyl halides is 2. The molecule has 100 valence electrons. The number of benzene rings is 1. The second kappa shape index (κ2) is 5.10. The van der Waals surface area contributed by atoms with Crippen molar-refractivity contribution in [2.75, 3.05) is 27.3 Å². The summed E-state index contributed by atoms with van der Waals surface area (Å²) in [6, 6.07) is 5.46. The van der Waals surface area contributed by atoms with Crippen LogP contribution in [-0.2, 0) is 6.54 Å². The summed E-state index contributed by atoms with van der Waals surface area (Å²) in [6.45, 7) is 0.738. The van der Waals surface area contributed by atoms with Crippen LogP contribution in [0.4, 0.5) is 8.78 Å². The zero-order chi connectivity index (χ0) is 13.2. The van der Waals surface area contributed by atoms with Gasteiger partial charge in [-0.05, 0) is 17.7 Å². The van der Waals surface area contributed by atoms with Crippen LogP contribution in [0.1, 0.15) is 12.0 Å². The highest BCUT2D eigenvalue weighted by Gasteiger charge is 2.37. The lowest BCUT2D eigenvalue weighted by molar-refractivity contribution is 0.0115. The monoisotopic (exact) mass is 257 g/mol. The molecule has 0 saturated carbocycles. The van der Waals surface area contributed by atoms with E-state index >= 15 is 0 Å². The van der Waals surface area contributed by atoms with E-state index in [1.54, 1.807) is 25.2 Å². The van der Waals surface area contributed by atoms with Gasteiger partial charge in [-0.15, -0.1) is 0 Å². The molecule has 0 N–H and O–H groups in total. The van der Waals surface area contributed by atoms with Crippen LogP contribution in [0.25, 0.3) is 0 Å². The van der Waals surface area contributed by atoms with Gasteiger partial charge in [0.05, 0.1) is 20.8 Å². The molecule has 1 aliphatic heterocycles. The number of nitrogens with zero attached hydrogens (tertiary/aromatic N) is 1. The van der Waals surface area contributed by atoms with Crippen LogP contribution in [0.15, 0.2) is 18.2 Å². The lowest BCUT2D eigenvalue weighted by Gasteiger charge is -2.16. The summed E-state index contributed by atoms with van der Waals surface area (Å²) in [4.78, 5) is 1.74. The first-order valence-electron chi connectivity index (χ1n) is 5.84. The first-order valence-corrected chi connectivity index (χ1v) is 5.84. The van der Waals surface area contributed by atoms with Gasteiger partial charge in [0.25, 0.3) is 5.92 Å². The summed E-state index contributed by atoms with van der Waals surface area (Å²) < 4.78 is 36.5. The number of halogens is 2. The maximum atomic E-state index is 13.1. The molecule has 1 aromatic rings. The van der Waals surface area contributed by atoms with E-state index in [-0.39, 0.29) is 13.0 Å². The second-order valence-electron chi connectivity index (χ2n) is 4.54. The van der Waals surface area contributed by atoms with Gasteiger partial charge in [0.2, 0.25) is 0 Å². The molecule has 0 unspecified atom stereocenters. The van der Waals surface area contributed by atoms with Crippen LogP contribution >= 0.6 is 0 Å². The molecule has 0 aromatic heterocycles. The predicted octanol–water partition coefficient (Wildman–Crippen LogP) is 2.54. The Kier molecular flexibility index (Phi) is 3.71. The Balaban J connectivity index is 2.09. The van der Waals surface area contributed by atoms with Gasteiger partial charge >= 0.3 is 0 Å². The Labute approximate surface area is 105 Å². The van der Waals surface area contributed by atoms with Crippen LogP contribution in [0, 0.1) is 0 Å². The van der Waals surface area contributed by atoms with Crippen LogP contribution in [0.5, 0.6) is 11.5 Å². The van der Waals surface area contributed by atoms with Crippen molar-refractivity contribution in [2.24, 2.45) is 0 Å². The van der Waals surface area contributed by atoms with E-state index in [4.69, 9.17) is 9.47 Å². The fraction of sp³-hybridized carbons (Fsp3) is 0.538. The minimum absolute atomic E-state index is 0.0614. The Bertz CT molecular complexity index is 401. The van der Waals surface area contributed by atoms with Gasteiger partial charge in [0.1, 0.15) is 11.5 Å². The zero-order valence-electron chi connectivity index (χ0n) is 10.6. The van der Waals surface area contributed by atoms with E-state index < -0.39 is 5.92 Å². The molecular formula is C13H17F2NO2. The van der Waals surface area contributed by atoms with Crippen molar-refractivity contribution in [1.29, 1.82) is 0 Å². The molecule has 5 heteroatoms. The highest BCUT2D eigenvalue weighted by atomic mass is 19.3. The minimum atomic E-state index is -2.55. The van der Waals surface area contributed by atoms with Gasteiger partial charge in [0.15, 0.2) is 0 Å². The molecule has 18 heavy (non-hydrogen) atoms. The fourth-order valence-corrected chi connectivity index (χ4v) is 2.16.